The van der Waals surface area contributed by atoms with Gasteiger partial charge in [0.05, 0.1) is 10.1 Å². The van der Waals surface area contributed by atoms with Crippen LogP contribution in [-0.4, -0.2) is 20.2 Å². The summed E-state index contributed by atoms with van der Waals surface area (Å²) in [5.74, 6) is 0. The zero-order chi connectivity index (χ0) is 12.5. The highest BCUT2D eigenvalue weighted by Crippen LogP contribution is 2.36. The lowest BCUT2D eigenvalue weighted by Gasteiger charge is -2.07. The van der Waals surface area contributed by atoms with Crippen LogP contribution in [0.3, 0.4) is 0 Å². The molecule has 94 valence electrons. The van der Waals surface area contributed by atoms with Crippen molar-refractivity contribution in [2.45, 2.75) is 35.8 Å². The zero-order valence-corrected chi connectivity index (χ0v) is 11.9. The number of sulfone groups is 1. The first-order valence-electron chi connectivity index (χ1n) is 5.78. The van der Waals surface area contributed by atoms with Gasteiger partial charge in [0.1, 0.15) is 0 Å². The summed E-state index contributed by atoms with van der Waals surface area (Å²) in [6.07, 6.45) is 3.40. The SMILES string of the molecule is NCCCc1ccc(S(=O)(=O)C2CC2)c(Br)c1. The molecule has 1 aliphatic carbocycles. The van der Waals surface area contributed by atoms with Crippen molar-refractivity contribution in [2.75, 3.05) is 6.54 Å². The summed E-state index contributed by atoms with van der Waals surface area (Å²) in [7, 11) is -3.11. The van der Waals surface area contributed by atoms with E-state index in [9.17, 15) is 8.42 Å². The predicted molar refractivity (Wildman–Crippen MR) is 71.7 cm³/mol. The van der Waals surface area contributed by atoms with E-state index in [4.69, 9.17) is 5.73 Å². The molecule has 0 aromatic heterocycles. The van der Waals surface area contributed by atoms with E-state index in [0.717, 1.165) is 31.2 Å². The van der Waals surface area contributed by atoms with E-state index in [-0.39, 0.29) is 5.25 Å². The minimum Gasteiger partial charge on any atom is -0.330 e. The molecule has 2 N–H and O–H groups in total. The number of hydrogen-bond donors (Lipinski definition) is 1. The average Bonchev–Trinajstić information content (AvgIpc) is 3.10. The lowest BCUT2D eigenvalue weighted by atomic mass is 10.1. The molecule has 0 unspecified atom stereocenters. The third-order valence-electron chi connectivity index (χ3n) is 2.94. The normalized spacial score (nSPS) is 16.1. The minimum atomic E-state index is -3.11. The first-order valence-corrected chi connectivity index (χ1v) is 8.12. The van der Waals surface area contributed by atoms with Crippen LogP contribution in [0, 0.1) is 0 Å². The summed E-state index contributed by atoms with van der Waals surface area (Å²) in [5.41, 5.74) is 6.58. The molecule has 0 saturated heterocycles. The Balaban J connectivity index is 2.25. The van der Waals surface area contributed by atoms with Gasteiger partial charge in [0, 0.05) is 4.47 Å². The lowest BCUT2D eigenvalue weighted by molar-refractivity contribution is 0.594. The van der Waals surface area contributed by atoms with Gasteiger partial charge in [-0.2, -0.15) is 0 Å². The van der Waals surface area contributed by atoms with Crippen LogP contribution in [0.25, 0.3) is 0 Å². The fourth-order valence-electron chi connectivity index (χ4n) is 1.79. The third kappa shape index (κ3) is 2.89. The Kier molecular flexibility index (Phi) is 3.90. The third-order valence-corrected chi connectivity index (χ3v) is 6.17. The van der Waals surface area contributed by atoms with Crippen molar-refractivity contribution >= 4 is 25.8 Å². The fourth-order valence-corrected chi connectivity index (χ4v) is 4.60. The van der Waals surface area contributed by atoms with Gasteiger partial charge >= 0.3 is 0 Å². The minimum absolute atomic E-state index is 0.159. The topological polar surface area (TPSA) is 60.2 Å². The highest BCUT2D eigenvalue weighted by atomic mass is 79.9. The largest absolute Gasteiger partial charge is 0.330 e. The van der Waals surface area contributed by atoms with Gasteiger partial charge in [-0.15, -0.1) is 0 Å². The van der Waals surface area contributed by atoms with E-state index in [1.165, 1.54) is 0 Å². The van der Waals surface area contributed by atoms with Crippen molar-refractivity contribution in [1.82, 2.24) is 0 Å². The summed E-state index contributed by atoms with van der Waals surface area (Å²) in [6, 6.07) is 5.49. The lowest BCUT2D eigenvalue weighted by Crippen LogP contribution is -2.08. The second-order valence-corrected chi connectivity index (χ2v) is 7.45. The summed E-state index contributed by atoms with van der Waals surface area (Å²) < 4.78 is 24.9. The van der Waals surface area contributed by atoms with Gasteiger partial charge in [0.2, 0.25) is 0 Å². The number of hydrogen-bond acceptors (Lipinski definition) is 3. The molecule has 17 heavy (non-hydrogen) atoms. The van der Waals surface area contributed by atoms with E-state index in [1.807, 2.05) is 12.1 Å². The maximum atomic E-state index is 12.1. The summed E-state index contributed by atoms with van der Waals surface area (Å²) >= 11 is 3.36. The number of halogens is 1. The molecular weight excluding hydrogens is 302 g/mol. The second-order valence-electron chi connectivity index (χ2n) is 4.40. The van der Waals surface area contributed by atoms with E-state index < -0.39 is 9.84 Å². The molecule has 5 heteroatoms. The van der Waals surface area contributed by atoms with Gasteiger partial charge in [-0.1, -0.05) is 6.07 Å². The first-order chi connectivity index (χ1) is 8.05. The molecule has 0 aliphatic heterocycles. The molecular formula is C12H16BrNO2S. The van der Waals surface area contributed by atoms with Crippen LogP contribution in [0.1, 0.15) is 24.8 Å². The molecule has 1 saturated carbocycles. The van der Waals surface area contributed by atoms with Crippen molar-refractivity contribution in [3.05, 3.63) is 28.2 Å². The predicted octanol–water partition coefficient (Wildman–Crippen LogP) is 2.28. The molecule has 2 rings (SSSR count). The highest BCUT2D eigenvalue weighted by molar-refractivity contribution is 9.10. The van der Waals surface area contributed by atoms with E-state index in [1.54, 1.807) is 6.07 Å². The molecule has 1 aromatic rings. The van der Waals surface area contributed by atoms with Crippen molar-refractivity contribution in [1.29, 1.82) is 0 Å². The molecule has 0 spiro atoms. The van der Waals surface area contributed by atoms with Crippen LogP contribution < -0.4 is 5.73 Å². The Morgan fingerprint density at radius 1 is 1.35 bits per heavy atom. The van der Waals surface area contributed by atoms with E-state index >= 15 is 0 Å². The Labute approximate surface area is 110 Å². The second kappa shape index (κ2) is 5.08. The van der Waals surface area contributed by atoms with Gasteiger partial charge in [-0.3, -0.25) is 0 Å². The Hall–Kier alpha value is -0.390. The fraction of sp³-hybridized carbons (Fsp3) is 0.500. The van der Waals surface area contributed by atoms with E-state index in [2.05, 4.69) is 15.9 Å². The molecule has 3 nitrogen and oxygen atoms in total. The van der Waals surface area contributed by atoms with Gasteiger partial charge in [0.15, 0.2) is 9.84 Å². The van der Waals surface area contributed by atoms with Crippen molar-refractivity contribution in [3.63, 3.8) is 0 Å². The molecule has 0 radical (unpaired) electrons. The quantitative estimate of drug-likeness (QED) is 0.906. The molecule has 0 atom stereocenters. The molecule has 0 heterocycles. The Morgan fingerprint density at radius 3 is 2.59 bits per heavy atom. The molecule has 0 bridgehead atoms. The smallest absolute Gasteiger partial charge is 0.182 e. The Bertz CT molecular complexity index is 509. The van der Waals surface area contributed by atoms with E-state index in [0.29, 0.717) is 15.9 Å². The summed E-state index contributed by atoms with van der Waals surface area (Å²) in [4.78, 5) is 0.427. The van der Waals surface area contributed by atoms with Crippen LogP contribution >= 0.6 is 15.9 Å². The van der Waals surface area contributed by atoms with Crippen LogP contribution in [-0.2, 0) is 16.3 Å². The average molecular weight is 318 g/mol. The zero-order valence-electron chi connectivity index (χ0n) is 9.52. The number of nitrogens with two attached hydrogens (primary N) is 1. The number of rotatable bonds is 5. The van der Waals surface area contributed by atoms with Gasteiger partial charge in [-0.25, -0.2) is 8.42 Å². The van der Waals surface area contributed by atoms with Crippen LogP contribution in [0.5, 0.6) is 0 Å². The van der Waals surface area contributed by atoms with Crippen LogP contribution in [0.15, 0.2) is 27.6 Å². The maximum Gasteiger partial charge on any atom is 0.182 e. The van der Waals surface area contributed by atoms with Gasteiger partial charge in [-0.05, 0) is 65.9 Å². The van der Waals surface area contributed by atoms with Crippen molar-refractivity contribution < 1.29 is 8.42 Å². The van der Waals surface area contributed by atoms with Gasteiger partial charge in [0.25, 0.3) is 0 Å². The molecule has 0 amide bonds. The highest BCUT2D eigenvalue weighted by Gasteiger charge is 2.37. The van der Waals surface area contributed by atoms with Gasteiger partial charge < -0.3 is 5.73 Å². The molecule has 1 fully saturated rings. The standard InChI is InChI=1S/C12H16BrNO2S/c13-11-8-9(2-1-7-14)3-6-12(11)17(15,16)10-4-5-10/h3,6,8,10H,1-2,4-5,7,14H2. The van der Waals surface area contributed by atoms with Crippen LogP contribution in [0.4, 0.5) is 0 Å². The first kappa shape index (κ1) is 13.1. The van der Waals surface area contributed by atoms with Crippen molar-refractivity contribution in [3.8, 4) is 0 Å². The molecule has 1 aliphatic rings. The van der Waals surface area contributed by atoms with Crippen molar-refractivity contribution in [2.24, 2.45) is 5.73 Å². The maximum absolute atomic E-state index is 12.1. The molecule has 1 aromatic carbocycles. The monoisotopic (exact) mass is 317 g/mol. The summed E-state index contributed by atoms with van der Waals surface area (Å²) in [5, 5.41) is -0.159. The van der Waals surface area contributed by atoms with Crippen LogP contribution in [0.2, 0.25) is 0 Å². The number of aryl methyl sites for hydroxylation is 1. The Morgan fingerprint density at radius 2 is 2.06 bits per heavy atom. The number of benzene rings is 1. The summed E-state index contributed by atoms with van der Waals surface area (Å²) in [6.45, 7) is 0.653.